The average molecular weight is 583 g/mol. The van der Waals surface area contributed by atoms with Gasteiger partial charge < -0.3 is 14.4 Å². The number of halogens is 10. The normalized spacial score (nSPS) is 19.9. The Kier molecular flexibility index (Phi) is 8.32. The van der Waals surface area contributed by atoms with Gasteiger partial charge in [-0.15, -0.1) is 13.2 Å². The second-order valence-corrected chi connectivity index (χ2v) is 9.38. The molecule has 2 atom stereocenters. The van der Waals surface area contributed by atoms with Crippen LogP contribution in [0.5, 0.6) is 5.75 Å². The lowest BCUT2D eigenvalue weighted by Crippen LogP contribution is -2.45. The smallest absolute Gasteiger partial charge is 0.429 e. The number of hydrogen-bond donors (Lipinski definition) is 0. The molecule has 0 aromatic heterocycles. The SMILES string of the molecule is FC(F)C(F)(F)OC1=CC([C@H]2CCc3c(-c4cccc(OC(F)(F)F)c4)cccc3N2CCC(F)(F)F)CC=C1. The number of nitrogens with zero attached hydrogens (tertiary/aromatic N) is 1. The topological polar surface area (TPSA) is 21.7 Å². The second kappa shape index (κ2) is 11.2. The Morgan fingerprint density at radius 3 is 2.33 bits per heavy atom. The van der Waals surface area contributed by atoms with Crippen LogP contribution in [0, 0.1) is 5.92 Å². The third-order valence-electron chi connectivity index (χ3n) is 6.64. The van der Waals surface area contributed by atoms with Gasteiger partial charge in [0.15, 0.2) is 0 Å². The third-order valence-corrected chi connectivity index (χ3v) is 6.64. The minimum absolute atomic E-state index is 0.242. The molecule has 0 N–H and O–H groups in total. The molecule has 1 aliphatic carbocycles. The molecule has 2 aliphatic rings. The molecule has 1 aliphatic heterocycles. The van der Waals surface area contributed by atoms with E-state index in [1.54, 1.807) is 24.3 Å². The number of ether oxygens (including phenoxy) is 2. The van der Waals surface area contributed by atoms with E-state index >= 15 is 0 Å². The summed E-state index contributed by atoms with van der Waals surface area (Å²) in [5, 5.41) is 0. The minimum Gasteiger partial charge on any atom is -0.429 e. The van der Waals surface area contributed by atoms with Crippen molar-refractivity contribution in [3.8, 4) is 16.9 Å². The van der Waals surface area contributed by atoms with Gasteiger partial charge in [-0.1, -0.05) is 30.3 Å². The van der Waals surface area contributed by atoms with E-state index in [0.29, 0.717) is 28.8 Å². The van der Waals surface area contributed by atoms with E-state index in [-0.39, 0.29) is 12.8 Å². The molecule has 218 valence electrons. The van der Waals surface area contributed by atoms with E-state index in [0.717, 1.165) is 12.1 Å². The Bertz CT molecular complexity index is 1250. The highest BCUT2D eigenvalue weighted by atomic mass is 19.4. The molecule has 40 heavy (non-hydrogen) atoms. The van der Waals surface area contributed by atoms with E-state index in [2.05, 4.69) is 9.47 Å². The van der Waals surface area contributed by atoms with Gasteiger partial charge in [0.2, 0.25) is 0 Å². The number of fused-ring (bicyclic) bond motifs is 1. The van der Waals surface area contributed by atoms with Crippen LogP contribution < -0.4 is 9.64 Å². The first kappa shape index (κ1) is 29.6. The van der Waals surface area contributed by atoms with Gasteiger partial charge in [0, 0.05) is 24.2 Å². The summed E-state index contributed by atoms with van der Waals surface area (Å²) in [5.74, 6) is -1.61. The predicted molar refractivity (Wildman–Crippen MR) is 126 cm³/mol. The van der Waals surface area contributed by atoms with Crippen molar-refractivity contribution in [1.82, 2.24) is 0 Å². The van der Waals surface area contributed by atoms with Crippen molar-refractivity contribution in [2.75, 3.05) is 11.4 Å². The summed E-state index contributed by atoms with van der Waals surface area (Å²) in [6.45, 7) is -0.487. The summed E-state index contributed by atoms with van der Waals surface area (Å²) in [6, 6.07) is 9.36. The molecule has 4 rings (SSSR count). The molecular weight excluding hydrogens is 560 g/mol. The summed E-state index contributed by atoms with van der Waals surface area (Å²) < 4.78 is 139. The van der Waals surface area contributed by atoms with Crippen LogP contribution in [0.25, 0.3) is 11.1 Å². The quantitative estimate of drug-likeness (QED) is 0.291. The van der Waals surface area contributed by atoms with Gasteiger partial charge in [0.1, 0.15) is 11.5 Å². The number of benzene rings is 2. The zero-order valence-electron chi connectivity index (χ0n) is 20.6. The number of allylic oxidation sites excluding steroid dienone is 2. The van der Waals surface area contributed by atoms with Crippen molar-refractivity contribution in [3.63, 3.8) is 0 Å². The number of rotatable bonds is 8. The molecule has 3 nitrogen and oxygen atoms in total. The molecule has 0 saturated carbocycles. The highest BCUT2D eigenvalue weighted by Crippen LogP contribution is 2.43. The van der Waals surface area contributed by atoms with Crippen LogP contribution in [0.15, 0.2) is 66.5 Å². The van der Waals surface area contributed by atoms with Gasteiger partial charge in [-0.05, 0) is 66.3 Å². The van der Waals surface area contributed by atoms with Crippen molar-refractivity contribution in [1.29, 1.82) is 0 Å². The average Bonchev–Trinajstić information content (AvgIpc) is 2.85. The molecule has 2 aromatic carbocycles. The fourth-order valence-corrected chi connectivity index (χ4v) is 5.06. The monoisotopic (exact) mass is 583 g/mol. The fraction of sp³-hybridized carbons (Fsp3) is 0.407. The number of hydrogen-bond acceptors (Lipinski definition) is 3. The number of alkyl halides is 10. The Morgan fingerprint density at radius 2 is 1.65 bits per heavy atom. The molecule has 2 aromatic rings. The standard InChI is InChI=1S/C27H23F10NO2/c28-24(29)26(33,34)39-18-6-2-5-17(15-18)22-11-10-21-20(16-4-1-7-19(14-16)40-27(35,36)37)8-3-9-23(21)38(22)13-12-25(30,31)32/h1-4,6-9,14-15,17,22,24H,5,10-13H2/t17?,22-/m1/s1. The summed E-state index contributed by atoms with van der Waals surface area (Å²) in [4.78, 5) is 1.50. The Labute approximate surface area is 222 Å². The summed E-state index contributed by atoms with van der Waals surface area (Å²) in [7, 11) is 0. The van der Waals surface area contributed by atoms with Crippen molar-refractivity contribution >= 4 is 5.69 Å². The Hall–Kier alpha value is -3.38. The molecule has 1 unspecified atom stereocenters. The first-order chi connectivity index (χ1) is 18.6. The minimum atomic E-state index is -4.92. The summed E-state index contributed by atoms with van der Waals surface area (Å²) >= 11 is 0. The predicted octanol–water partition coefficient (Wildman–Crippen LogP) is 8.66. The maximum Gasteiger partial charge on any atom is 0.573 e. The zero-order chi connectivity index (χ0) is 29.3. The molecule has 0 saturated heterocycles. The van der Waals surface area contributed by atoms with Crippen LogP contribution in [0.4, 0.5) is 49.6 Å². The van der Waals surface area contributed by atoms with Crippen molar-refractivity contribution in [3.05, 3.63) is 72.0 Å². The van der Waals surface area contributed by atoms with E-state index < -0.39 is 61.5 Å². The van der Waals surface area contributed by atoms with Gasteiger partial charge in [-0.2, -0.15) is 30.7 Å². The molecule has 0 bridgehead atoms. The fourth-order valence-electron chi connectivity index (χ4n) is 5.06. The molecule has 0 radical (unpaired) electrons. The van der Waals surface area contributed by atoms with Gasteiger partial charge in [0.05, 0.1) is 6.42 Å². The van der Waals surface area contributed by atoms with E-state index in [1.807, 2.05) is 0 Å². The lowest BCUT2D eigenvalue weighted by atomic mass is 9.81. The van der Waals surface area contributed by atoms with Gasteiger partial charge in [-0.3, -0.25) is 0 Å². The Balaban J connectivity index is 1.69. The van der Waals surface area contributed by atoms with Crippen LogP contribution in [0.2, 0.25) is 0 Å². The summed E-state index contributed by atoms with van der Waals surface area (Å²) in [5.41, 5.74) is 1.86. The van der Waals surface area contributed by atoms with Crippen LogP contribution in [-0.2, 0) is 11.2 Å². The van der Waals surface area contributed by atoms with E-state index in [1.165, 1.54) is 29.2 Å². The molecule has 0 spiro atoms. The lowest BCUT2D eigenvalue weighted by molar-refractivity contribution is -0.280. The highest BCUT2D eigenvalue weighted by molar-refractivity contribution is 5.76. The van der Waals surface area contributed by atoms with Crippen LogP contribution in [-0.4, -0.2) is 37.7 Å². The van der Waals surface area contributed by atoms with E-state index in [9.17, 15) is 43.9 Å². The molecular formula is C27H23F10NO2. The van der Waals surface area contributed by atoms with Crippen LogP contribution >= 0.6 is 0 Å². The van der Waals surface area contributed by atoms with Gasteiger partial charge in [0.25, 0.3) is 0 Å². The molecule has 0 amide bonds. The lowest BCUT2D eigenvalue weighted by Gasteiger charge is -2.43. The molecule has 1 heterocycles. The van der Waals surface area contributed by atoms with Crippen molar-refractivity contribution in [2.45, 2.75) is 56.8 Å². The number of anilines is 1. The van der Waals surface area contributed by atoms with Gasteiger partial charge in [-0.25, -0.2) is 0 Å². The summed E-state index contributed by atoms with van der Waals surface area (Å²) in [6.07, 6.45) is -14.9. The highest BCUT2D eigenvalue weighted by Gasteiger charge is 2.45. The maximum atomic E-state index is 13.5. The van der Waals surface area contributed by atoms with E-state index in [4.69, 9.17) is 0 Å². The zero-order valence-corrected chi connectivity index (χ0v) is 20.6. The first-order valence-corrected chi connectivity index (χ1v) is 12.2. The van der Waals surface area contributed by atoms with Crippen molar-refractivity contribution in [2.24, 2.45) is 5.92 Å². The van der Waals surface area contributed by atoms with Crippen LogP contribution in [0.3, 0.4) is 0 Å². The molecule has 13 heteroatoms. The maximum absolute atomic E-state index is 13.5. The third kappa shape index (κ3) is 7.22. The first-order valence-electron chi connectivity index (χ1n) is 12.2. The molecule has 0 fully saturated rings. The largest absolute Gasteiger partial charge is 0.573 e. The van der Waals surface area contributed by atoms with Crippen LogP contribution in [0.1, 0.15) is 24.8 Å². The van der Waals surface area contributed by atoms with Gasteiger partial charge >= 0.3 is 25.1 Å². The second-order valence-electron chi connectivity index (χ2n) is 9.38. The van der Waals surface area contributed by atoms with Crippen molar-refractivity contribution < 1.29 is 53.4 Å². The Morgan fingerprint density at radius 1 is 0.925 bits per heavy atom.